The predicted octanol–water partition coefficient (Wildman–Crippen LogP) is -2.23. The van der Waals surface area contributed by atoms with Gasteiger partial charge in [-0.25, -0.2) is 4.79 Å². The molecule has 160 valence electrons. The van der Waals surface area contributed by atoms with Crippen molar-refractivity contribution in [3.8, 4) is 0 Å². The number of primary amides is 1. The Morgan fingerprint density at radius 2 is 1.68 bits per heavy atom. The lowest BCUT2D eigenvalue weighted by Crippen LogP contribution is -2.56. The van der Waals surface area contributed by atoms with Crippen LogP contribution in [0.1, 0.15) is 26.7 Å². The van der Waals surface area contributed by atoms with Gasteiger partial charge in [0.25, 0.3) is 0 Å². The van der Waals surface area contributed by atoms with Gasteiger partial charge >= 0.3 is 5.97 Å². The van der Waals surface area contributed by atoms with Crippen LogP contribution in [-0.4, -0.2) is 71.4 Å². The van der Waals surface area contributed by atoms with Crippen LogP contribution < -0.4 is 27.4 Å². The number of amides is 4. The molecular weight excluding hydrogens is 390 g/mol. The van der Waals surface area contributed by atoms with Crippen LogP contribution >= 0.6 is 11.8 Å². The summed E-state index contributed by atoms with van der Waals surface area (Å²) in [6.07, 6.45) is 1.76. The van der Waals surface area contributed by atoms with Crippen LogP contribution in [0.15, 0.2) is 0 Å². The van der Waals surface area contributed by atoms with Gasteiger partial charge in [0.2, 0.25) is 23.6 Å². The van der Waals surface area contributed by atoms with Gasteiger partial charge in [-0.2, -0.15) is 11.8 Å². The molecule has 0 aromatic rings. The topological polar surface area (TPSA) is 194 Å². The number of hydrogen-bond acceptors (Lipinski definition) is 7. The van der Waals surface area contributed by atoms with Crippen LogP contribution in [0.4, 0.5) is 0 Å². The monoisotopic (exact) mass is 419 g/mol. The SMILES string of the molecule is CSCCC(N)C(=O)NCC(=O)NC(C(=O)NC(CC(N)=O)C(=O)O)C(C)C. The summed E-state index contributed by atoms with van der Waals surface area (Å²) in [5.74, 6) is -3.90. The molecule has 0 rings (SSSR count). The maximum absolute atomic E-state index is 12.3. The molecule has 12 heteroatoms. The van der Waals surface area contributed by atoms with E-state index in [9.17, 15) is 24.0 Å². The third-order valence-electron chi connectivity index (χ3n) is 3.68. The van der Waals surface area contributed by atoms with Gasteiger partial charge in [0.15, 0.2) is 0 Å². The van der Waals surface area contributed by atoms with Crippen molar-refractivity contribution in [2.75, 3.05) is 18.6 Å². The number of aliphatic carboxylic acids is 1. The van der Waals surface area contributed by atoms with E-state index in [0.29, 0.717) is 12.2 Å². The molecule has 3 unspecified atom stereocenters. The molecular formula is C16H29N5O6S. The maximum Gasteiger partial charge on any atom is 0.326 e. The molecule has 0 spiro atoms. The van der Waals surface area contributed by atoms with E-state index in [0.717, 1.165) is 0 Å². The highest BCUT2D eigenvalue weighted by atomic mass is 32.2. The zero-order chi connectivity index (χ0) is 21.9. The maximum atomic E-state index is 12.3. The summed E-state index contributed by atoms with van der Waals surface area (Å²) in [6.45, 7) is 2.91. The lowest BCUT2D eigenvalue weighted by atomic mass is 10.0. The number of rotatable bonds is 13. The van der Waals surface area contributed by atoms with E-state index < -0.39 is 54.1 Å². The number of carboxylic acid groups (broad SMARTS) is 1. The van der Waals surface area contributed by atoms with Gasteiger partial charge in [-0.05, 0) is 24.3 Å². The summed E-state index contributed by atoms with van der Waals surface area (Å²) >= 11 is 1.54. The van der Waals surface area contributed by atoms with Gasteiger partial charge < -0.3 is 32.5 Å². The molecule has 0 radical (unpaired) electrons. The number of nitrogens with one attached hydrogen (secondary N) is 3. The first kappa shape index (κ1) is 25.7. The first-order valence-electron chi connectivity index (χ1n) is 8.62. The fourth-order valence-corrected chi connectivity index (χ4v) is 2.59. The molecule has 0 heterocycles. The van der Waals surface area contributed by atoms with Crippen molar-refractivity contribution < 1.29 is 29.1 Å². The van der Waals surface area contributed by atoms with Gasteiger partial charge in [-0.1, -0.05) is 13.8 Å². The zero-order valence-electron chi connectivity index (χ0n) is 16.2. The molecule has 0 fully saturated rings. The average molecular weight is 420 g/mol. The van der Waals surface area contributed by atoms with Crippen molar-refractivity contribution in [3.05, 3.63) is 0 Å². The Bertz CT molecular complexity index is 586. The predicted molar refractivity (Wildman–Crippen MR) is 104 cm³/mol. The summed E-state index contributed by atoms with van der Waals surface area (Å²) in [5, 5.41) is 16.1. The van der Waals surface area contributed by atoms with E-state index in [1.807, 2.05) is 6.26 Å². The number of carbonyl (C=O) groups is 5. The summed E-state index contributed by atoms with van der Waals surface area (Å²) in [4.78, 5) is 58.3. The molecule has 0 aliphatic rings. The van der Waals surface area contributed by atoms with E-state index >= 15 is 0 Å². The smallest absolute Gasteiger partial charge is 0.326 e. The third kappa shape index (κ3) is 10.1. The Kier molecular flexibility index (Phi) is 11.9. The lowest BCUT2D eigenvalue weighted by molar-refractivity contribution is -0.144. The highest BCUT2D eigenvalue weighted by molar-refractivity contribution is 7.98. The van der Waals surface area contributed by atoms with Crippen molar-refractivity contribution in [1.29, 1.82) is 0 Å². The highest BCUT2D eigenvalue weighted by Gasteiger charge is 2.29. The van der Waals surface area contributed by atoms with Crippen LogP contribution in [0.2, 0.25) is 0 Å². The standard InChI is InChI=1S/C16H29N5O6S/c1-8(2)13(15(25)20-10(16(26)27)6-11(18)22)21-12(23)7-19-14(24)9(17)4-5-28-3/h8-10,13H,4-7,17H2,1-3H3,(H2,18,22)(H,19,24)(H,20,25)(H,21,23)(H,26,27). The minimum atomic E-state index is -1.50. The summed E-state index contributed by atoms with van der Waals surface area (Å²) in [7, 11) is 0. The summed E-state index contributed by atoms with van der Waals surface area (Å²) in [5.41, 5.74) is 10.7. The minimum absolute atomic E-state index is 0.383. The van der Waals surface area contributed by atoms with Crippen molar-refractivity contribution in [3.63, 3.8) is 0 Å². The summed E-state index contributed by atoms with van der Waals surface area (Å²) < 4.78 is 0. The van der Waals surface area contributed by atoms with E-state index in [4.69, 9.17) is 16.6 Å². The number of thioether (sulfide) groups is 1. The highest BCUT2D eigenvalue weighted by Crippen LogP contribution is 2.04. The second kappa shape index (κ2) is 12.9. The molecule has 0 aromatic carbocycles. The molecule has 0 aromatic heterocycles. The van der Waals surface area contributed by atoms with E-state index in [1.165, 1.54) is 0 Å². The Morgan fingerprint density at radius 3 is 2.14 bits per heavy atom. The molecule has 28 heavy (non-hydrogen) atoms. The van der Waals surface area contributed by atoms with Crippen molar-refractivity contribution >= 4 is 41.4 Å². The molecule has 0 bridgehead atoms. The number of carboxylic acids is 1. The van der Waals surface area contributed by atoms with Gasteiger partial charge in [0.1, 0.15) is 12.1 Å². The second-order valence-corrected chi connectivity index (χ2v) is 7.45. The fourth-order valence-electron chi connectivity index (χ4n) is 2.10. The molecule has 0 saturated heterocycles. The Hall–Kier alpha value is -2.34. The largest absolute Gasteiger partial charge is 0.480 e. The number of nitrogens with two attached hydrogens (primary N) is 2. The van der Waals surface area contributed by atoms with Gasteiger partial charge in [-0.3, -0.25) is 19.2 Å². The van der Waals surface area contributed by atoms with Crippen molar-refractivity contribution in [1.82, 2.24) is 16.0 Å². The molecule has 0 saturated carbocycles. The van der Waals surface area contributed by atoms with E-state index in [2.05, 4.69) is 16.0 Å². The first-order chi connectivity index (χ1) is 13.0. The molecule has 0 aliphatic heterocycles. The zero-order valence-corrected chi connectivity index (χ0v) is 17.0. The average Bonchev–Trinajstić information content (AvgIpc) is 2.60. The van der Waals surface area contributed by atoms with Crippen molar-refractivity contribution in [2.45, 2.75) is 44.8 Å². The van der Waals surface area contributed by atoms with E-state index in [-0.39, 0.29) is 12.5 Å². The minimum Gasteiger partial charge on any atom is -0.480 e. The molecule has 8 N–H and O–H groups in total. The number of carbonyl (C=O) groups excluding carboxylic acids is 4. The van der Waals surface area contributed by atoms with Crippen molar-refractivity contribution in [2.24, 2.45) is 17.4 Å². The van der Waals surface area contributed by atoms with Crippen LogP contribution in [0.3, 0.4) is 0 Å². The van der Waals surface area contributed by atoms with Crippen LogP contribution in [0.25, 0.3) is 0 Å². The van der Waals surface area contributed by atoms with Gasteiger partial charge in [0, 0.05) is 0 Å². The Labute approximate surface area is 167 Å². The van der Waals surface area contributed by atoms with Gasteiger partial charge in [0.05, 0.1) is 19.0 Å². The fraction of sp³-hybridized carbons (Fsp3) is 0.688. The molecule has 11 nitrogen and oxygen atoms in total. The Balaban J connectivity index is 4.77. The third-order valence-corrected chi connectivity index (χ3v) is 4.32. The Morgan fingerprint density at radius 1 is 1.07 bits per heavy atom. The normalized spacial score (nSPS) is 13.9. The molecule has 3 atom stereocenters. The van der Waals surface area contributed by atoms with Crippen LogP contribution in [-0.2, 0) is 24.0 Å². The second-order valence-electron chi connectivity index (χ2n) is 6.46. The number of hydrogen-bond donors (Lipinski definition) is 6. The molecule has 4 amide bonds. The lowest BCUT2D eigenvalue weighted by Gasteiger charge is -2.24. The summed E-state index contributed by atoms with van der Waals surface area (Å²) in [6, 6.07) is -3.31. The first-order valence-corrected chi connectivity index (χ1v) is 10.0. The van der Waals surface area contributed by atoms with Gasteiger partial charge in [-0.15, -0.1) is 0 Å². The quantitative estimate of drug-likeness (QED) is 0.193. The van der Waals surface area contributed by atoms with Crippen LogP contribution in [0.5, 0.6) is 0 Å². The molecule has 0 aliphatic carbocycles. The van der Waals surface area contributed by atoms with Crippen LogP contribution in [0, 0.1) is 5.92 Å². The van der Waals surface area contributed by atoms with E-state index in [1.54, 1.807) is 25.6 Å².